The normalized spacial score (nSPS) is 16.0. The van der Waals surface area contributed by atoms with Crippen LogP contribution in [-0.2, 0) is 11.2 Å². The van der Waals surface area contributed by atoms with Crippen molar-refractivity contribution in [2.24, 2.45) is 0 Å². The molecule has 0 aliphatic heterocycles. The third kappa shape index (κ3) is 4.56. The second kappa shape index (κ2) is 8.86. The lowest BCUT2D eigenvalue weighted by Crippen LogP contribution is -2.40. The molecule has 1 aliphatic rings. The van der Waals surface area contributed by atoms with Gasteiger partial charge in [0.15, 0.2) is 5.82 Å². The van der Waals surface area contributed by atoms with Gasteiger partial charge in [-0.15, -0.1) is 10.2 Å². The second-order valence-corrected chi connectivity index (χ2v) is 9.00. The maximum atomic E-state index is 12.5. The molecule has 3 N–H and O–H groups in total. The molecule has 1 aliphatic carbocycles. The molecule has 1 atom stereocenters. The van der Waals surface area contributed by atoms with E-state index < -0.39 is 0 Å². The number of rotatable bonds is 6. The number of hydrogen-bond donors (Lipinski definition) is 2. The number of nitrogens with one attached hydrogen (secondary N) is 1. The van der Waals surface area contributed by atoms with Crippen LogP contribution in [0.4, 0.5) is 0 Å². The molecule has 0 radical (unpaired) electrons. The molecule has 1 aromatic heterocycles. The van der Waals surface area contributed by atoms with Crippen LogP contribution < -0.4 is 11.2 Å². The van der Waals surface area contributed by atoms with E-state index in [2.05, 4.69) is 39.8 Å². The summed E-state index contributed by atoms with van der Waals surface area (Å²) in [5.41, 5.74) is 1.15. The van der Waals surface area contributed by atoms with Gasteiger partial charge < -0.3 is 11.2 Å². The molecule has 7 heteroatoms. The zero-order chi connectivity index (χ0) is 20.2. The highest BCUT2D eigenvalue weighted by atomic mass is 32.2. The van der Waals surface area contributed by atoms with Gasteiger partial charge in [-0.05, 0) is 36.1 Å². The molecule has 1 saturated carbocycles. The highest BCUT2D eigenvalue weighted by molar-refractivity contribution is 8.00. The van der Waals surface area contributed by atoms with Gasteiger partial charge in [-0.2, -0.15) is 0 Å². The molecule has 1 fully saturated rings. The lowest BCUT2D eigenvalue weighted by Gasteiger charge is -2.24. The Morgan fingerprint density at radius 1 is 1.17 bits per heavy atom. The summed E-state index contributed by atoms with van der Waals surface area (Å²) in [6.45, 7) is 1.89. The van der Waals surface area contributed by atoms with E-state index in [1.165, 1.54) is 46.5 Å². The fourth-order valence-corrected chi connectivity index (χ4v) is 4.70. The summed E-state index contributed by atoms with van der Waals surface area (Å²) in [5, 5.41) is 14.4. The lowest BCUT2D eigenvalue weighted by molar-refractivity contribution is -0.121. The molecule has 2 aromatic carbocycles. The van der Waals surface area contributed by atoms with Crippen LogP contribution in [0.5, 0.6) is 0 Å². The van der Waals surface area contributed by atoms with E-state index in [1.807, 2.05) is 25.1 Å². The van der Waals surface area contributed by atoms with Crippen molar-refractivity contribution >= 4 is 28.4 Å². The first-order chi connectivity index (χ1) is 14.1. The molecule has 29 heavy (non-hydrogen) atoms. The largest absolute Gasteiger partial charge is 0.352 e. The van der Waals surface area contributed by atoms with Crippen molar-refractivity contribution in [1.82, 2.24) is 20.2 Å². The van der Waals surface area contributed by atoms with Crippen LogP contribution in [0.15, 0.2) is 47.6 Å². The molecular weight excluding hydrogens is 382 g/mol. The predicted octanol–water partition coefficient (Wildman–Crippen LogP) is 3.67. The van der Waals surface area contributed by atoms with Crippen LogP contribution in [0.3, 0.4) is 0 Å². The number of carbonyl (C=O) groups excluding carboxylic acids is 1. The third-order valence-electron chi connectivity index (χ3n) is 5.57. The Labute approximate surface area is 175 Å². The average Bonchev–Trinajstić information content (AvgIpc) is 3.08. The Balaban J connectivity index is 1.43. The summed E-state index contributed by atoms with van der Waals surface area (Å²) in [7, 11) is 0. The van der Waals surface area contributed by atoms with Gasteiger partial charge in [-0.3, -0.25) is 4.79 Å². The topological polar surface area (TPSA) is 85.8 Å². The Kier molecular flexibility index (Phi) is 6.04. The molecule has 1 amide bonds. The van der Waals surface area contributed by atoms with Gasteiger partial charge in [-0.25, -0.2) is 4.68 Å². The Morgan fingerprint density at radius 2 is 1.93 bits per heavy atom. The smallest absolute Gasteiger partial charge is 0.233 e. The predicted molar refractivity (Wildman–Crippen MR) is 117 cm³/mol. The number of nitrogen functional groups attached to an aromatic ring is 1. The fourth-order valence-electron chi connectivity index (χ4n) is 3.90. The van der Waals surface area contributed by atoms with Crippen LogP contribution in [0.1, 0.15) is 50.4 Å². The average molecular weight is 410 g/mol. The first kappa shape index (κ1) is 19.8. The van der Waals surface area contributed by atoms with Crippen molar-refractivity contribution in [3.8, 4) is 0 Å². The number of carbonyl (C=O) groups is 1. The molecule has 152 valence electrons. The standard InChI is InChI=1S/C22H27N5OS/c1-15(21(28)24-18-11-3-2-4-12-18)29-22-26-25-20(27(22)23)14-17-10-7-9-16-8-5-6-13-19(16)17/h5-10,13,15,18H,2-4,11-12,14,23H2,1H3,(H,24,28)/t15-/m0/s1. The fraction of sp³-hybridized carbons (Fsp3) is 0.409. The molecule has 0 spiro atoms. The van der Waals surface area contributed by atoms with Gasteiger partial charge in [0.25, 0.3) is 0 Å². The van der Waals surface area contributed by atoms with E-state index >= 15 is 0 Å². The van der Waals surface area contributed by atoms with Crippen molar-refractivity contribution in [2.75, 3.05) is 5.84 Å². The molecule has 1 heterocycles. The first-order valence-corrected chi connectivity index (χ1v) is 11.1. The molecule has 4 rings (SSSR count). The van der Waals surface area contributed by atoms with Gasteiger partial charge in [-0.1, -0.05) is 73.5 Å². The van der Waals surface area contributed by atoms with E-state index in [-0.39, 0.29) is 11.2 Å². The number of amides is 1. The van der Waals surface area contributed by atoms with Crippen molar-refractivity contribution in [2.45, 2.75) is 61.9 Å². The minimum absolute atomic E-state index is 0.0421. The Morgan fingerprint density at radius 3 is 2.76 bits per heavy atom. The SMILES string of the molecule is C[C@H](Sc1nnc(Cc2cccc3ccccc23)n1N)C(=O)NC1CCCCC1. The van der Waals surface area contributed by atoms with E-state index in [0.717, 1.165) is 18.4 Å². The maximum Gasteiger partial charge on any atom is 0.233 e. The van der Waals surface area contributed by atoms with Crippen LogP contribution in [0.25, 0.3) is 10.8 Å². The van der Waals surface area contributed by atoms with E-state index in [1.54, 1.807) is 0 Å². The molecule has 0 saturated heterocycles. The first-order valence-electron chi connectivity index (χ1n) is 10.2. The minimum atomic E-state index is -0.270. The van der Waals surface area contributed by atoms with Crippen molar-refractivity contribution in [3.63, 3.8) is 0 Å². The van der Waals surface area contributed by atoms with Crippen molar-refractivity contribution < 1.29 is 4.79 Å². The zero-order valence-electron chi connectivity index (χ0n) is 16.7. The van der Waals surface area contributed by atoms with Crippen LogP contribution >= 0.6 is 11.8 Å². The number of benzene rings is 2. The highest BCUT2D eigenvalue weighted by Crippen LogP contribution is 2.25. The Bertz CT molecular complexity index is 991. The van der Waals surface area contributed by atoms with Crippen molar-refractivity contribution in [3.05, 3.63) is 53.9 Å². The number of nitrogens with zero attached hydrogens (tertiary/aromatic N) is 3. The minimum Gasteiger partial charge on any atom is -0.352 e. The van der Waals surface area contributed by atoms with Gasteiger partial charge >= 0.3 is 0 Å². The highest BCUT2D eigenvalue weighted by Gasteiger charge is 2.23. The molecule has 0 unspecified atom stereocenters. The van der Waals surface area contributed by atoms with Gasteiger partial charge in [0, 0.05) is 12.5 Å². The quantitative estimate of drug-likeness (QED) is 0.479. The number of hydrogen-bond acceptors (Lipinski definition) is 5. The second-order valence-electron chi connectivity index (χ2n) is 7.69. The molecule has 0 bridgehead atoms. The summed E-state index contributed by atoms with van der Waals surface area (Å²) in [5.74, 6) is 6.99. The van der Waals surface area contributed by atoms with Crippen LogP contribution in [0, 0.1) is 0 Å². The number of thioether (sulfide) groups is 1. The van der Waals surface area contributed by atoms with E-state index in [0.29, 0.717) is 23.4 Å². The molecule has 3 aromatic rings. The lowest BCUT2D eigenvalue weighted by atomic mass is 9.95. The summed E-state index contributed by atoms with van der Waals surface area (Å²) in [6, 6.07) is 14.8. The van der Waals surface area contributed by atoms with Gasteiger partial charge in [0.1, 0.15) is 0 Å². The third-order valence-corrected chi connectivity index (χ3v) is 6.62. The molecular formula is C22H27N5OS. The zero-order valence-corrected chi connectivity index (χ0v) is 17.5. The number of nitrogens with two attached hydrogens (primary N) is 1. The van der Waals surface area contributed by atoms with Crippen LogP contribution in [0.2, 0.25) is 0 Å². The van der Waals surface area contributed by atoms with E-state index in [9.17, 15) is 4.79 Å². The number of fused-ring (bicyclic) bond motifs is 1. The van der Waals surface area contributed by atoms with Gasteiger partial charge in [0.05, 0.1) is 5.25 Å². The summed E-state index contributed by atoms with van der Waals surface area (Å²) in [4.78, 5) is 12.5. The maximum absolute atomic E-state index is 12.5. The van der Waals surface area contributed by atoms with Crippen LogP contribution in [-0.4, -0.2) is 32.1 Å². The monoisotopic (exact) mass is 409 g/mol. The summed E-state index contributed by atoms with van der Waals surface area (Å²) < 4.78 is 1.51. The van der Waals surface area contributed by atoms with E-state index in [4.69, 9.17) is 5.84 Å². The summed E-state index contributed by atoms with van der Waals surface area (Å²) in [6.07, 6.45) is 6.40. The van der Waals surface area contributed by atoms with Gasteiger partial charge in [0.2, 0.25) is 11.1 Å². The molecule has 6 nitrogen and oxygen atoms in total. The number of aromatic nitrogens is 3. The Hall–Kier alpha value is -2.54. The van der Waals surface area contributed by atoms with Crippen molar-refractivity contribution in [1.29, 1.82) is 0 Å². The summed E-state index contributed by atoms with van der Waals surface area (Å²) >= 11 is 1.35.